The Morgan fingerprint density at radius 1 is 1.26 bits per heavy atom. The largest absolute Gasteiger partial charge is 0.497 e. The number of methoxy groups -OCH3 is 1. The van der Waals surface area contributed by atoms with Crippen molar-refractivity contribution in [3.63, 3.8) is 0 Å². The Morgan fingerprint density at radius 3 is 2.63 bits per heavy atom. The van der Waals surface area contributed by atoms with Gasteiger partial charge < -0.3 is 20.3 Å². The van der Waals surface area contributed by atoms with E-state index < -0.39 is 11.8 Å². The van der Waals surface area contributed by atoms with Crippen LogP contribution in [0.5, 0.6) is 5.75 Å². The Labute approximate surface area is 112 Å². The average Bonchev–Trinajstić information content (AvgIpc) is 2.38. The Morgan fingerprint density at radius 2 is 2.00 bits per heavy atom. The molecule has 1 aromatic rings. The van der Waals surface area contributed by atoms with Crippen LogP contribution in [0, 0.1) is 0 Å². The lowest BCUT2D eigenvalue weighted by Crippen LogP contribution is -3.06. The second-order valence-corrected chi connectivity index (χ2v) is 4.40. The van der Waals surface area contributed by atoms with E-state index in [1.807, 2.05) is 14.1 Å². The van der Waals surface area contributed by atoms with Crippen LogP contribution in [0.3, 0.4) is 0 Å². The number of carbonyl (C=O) groups is 2. The molecule has 0 aromatic heterocycles. The van der Waals surface area contributed by atoms with E-state index in [1.54, 1.807) is 24.3 Å². The van der Waals surface area contributed by atoms with Gasteiger partial charge in [-0.05, 0) is 12.1 Å². The lowest BCUT2D eigenvalue weighted by atomic mass is 10.3. The average molecular weight is 266 g/mol. The highest BCUT2D eigenvalue weighted by Crippen LogP contribution is 2.16. The number of anilines is 1. The highest BCUT2D eigenvalue weighted by Gasteiger charge is 2.13. The van der Waals surface area contributed by atoms with Crippen molar-refractivity contribution in [2.24, 2.45) is 0 Å². The predicted molar refractivity (Wildman–Crippen MR) is 72.3 cm³/mol. The summed E-state index contributed by atoms with van der Waals surface area (Å²) in [5.41, 5.74) is 0.526. The molecule has 0 heterocycles. The molecule has 104 valence electrons. The molecule has 0 spiro atoms. The summed E-state index contributed by atoms with van der Waals surface area (Å²) in [5.74, 6) is -0.694. The smallest absolute Gasteiger partial charge is 0.313 e. The molecule has 6 heteroatoms. The van der Waals surface area contributed by atoms with Crippen LogP contribution in [0.4, 0.5) is 5.69 Å². The first kappa shape index (κ1) is 15.0. The number of likely N-dealkylation sites (N-methyl/N-ethyl adjacent to an activating group) is 1. The maximum Gasteiger partial charge on any atom is 0.313 e. The summed E-state index contributed by atoms with van der Waals surface area (Å²) >= 11 is 0. The van der Waals surface area contributed by atoms with E-state index in [1.165, 1.54) is 12.0 Å². The van der Waals surface area contributed by atoms with Gasteiger partial charge in [-0.3, -0.25) is 9.59 Å². The van der Waals surface area contributed by atoms with E-state index in [9.17, 15) is 9.59 Å². The van der Waals surface area contributed by atoms with Gasteiger partial charge in [0.1, 0.15) is 5.75 Å². The highest BCUT2D eigenvalue weighted by molar-refractivity contribution is 6.39. The molecule has 0 atom stereocenters. The van der Waals surface area contributed by atoms with Crippen molar-refractivity contribution < 1.29 is 19.2 Å². The SMILES string of the molecule is COc1cccc(NC(=O)C(=O)NCC[NH+](C)C)c1. The van der Waals surface area contributed by atoms with Crippen LogP contribution in [0.2, 0.25) is 0 Å². The minimum atomic E-state index is -0.679. The molecular formula is C13H20N3O3+. The van der Waals surface area contributed by atoms with Gasteiger partial charge in [-0.1, -0.05) is 6.07 Å². The Bertz CT molecular complexity index is 447. The van der Waals surface area contributed by atoms with Crippen molar-refractivity contribution in [2.45, 2.75) is 0 Å². The summed E-state index contributed by atoms with van der Waals surface area (Å²) in [5, 5.41) is 5.08. The van der Waals surface area contributed by atoms with Crippen molar-refractivity contribution in [1.29, 1.82) is 0 Å². The zero-order valence-corrected chi connectivity index (χ0v) is 11.4. The van der Waals surface area contributed by atoms with Gasteiger partial charge in [-0.15, -0.1) is 0 Å². The molecule has 0 aliphatic heterocycles. The molecule has 19 heavy (non-hydrogen) atoms. The van der Waals surface area contributed by atoms with Gasteiger partial charge in [0.2, 0.25) is 0 Å². The van der Waals surface area contributed by atoms with Crippen molar-refractivity contribution in [3.05, 3.63) is 24.3 Å². The number of nitrogens with one attached hydrogen (secondary N) is 3. The molecule has 0 aliphatic carbocycles. The standard InChI is InChI=1S/C13H19N3O3/c1-16(2)8-7-14-12(17)13(18)15-10-5-4-6-11(9-10)19-3/h4-6,9H,7-8H2,1-3H3,(H,14,17)(H,15,18)/p+1. The van der Waals surface area contributed by atoms with Crippen molar-refractivity contribution in [1.82, 2.24) is 5.32 Å². The van der Waals surface area contributed by atoms with Crippen LogP contribution < -0.4 is 20.3 Å². The van der Waals surface area contributed by atoms with Gasteiger partial charge >= 0.3 is 11.8 Å². The molecule has 0 fully saturated rings. The summed E-state index contributed by atoms with van der Waals surface area (Å²) in [4.78, 5) is 24.3. The first-order valence-corrected chi connectivity index (χ1v) is 6.05. The third kappa shape index (κ3) is 5.39. The van der Waals surface area contributed by atoms with Crippen LogP contribution in [-0.2, 0) is 9.59 Å². The van der Waals surface area contributed by atoms with Crippen LogP contribution >= 0.6 is 0 Å². The van der Waals surface area contributed by atoms with E-state index in [0.717, 1.165) is 6.54 Å². The molecule has 6 nitrogen and oxygen atoms in total. The lowest BCUT2D eigenvalue weighted by molar-refractivity contribution is -0.856. The first-order valence-electron chi connectivity index (χ1n) is 6.05. The molecule has 0 bridgehead atoms. The number of benzene rings is 1. The maximum atomic E-state index is 11.6. The zero-order valence-electron chi connectivity index (χ0n) is 11.4. The normalized spacial score (nSPS) is 10.1. The molecule has 1 aromatic carbocycles. The van der Waals surface area contributed by atoms with Gasteiger partial charge in [0.25, 0.3) is 0 Å². The number of rotatable bonds is 5. The molecule has 0 aliphatic rings. The van der Waals surface area contributed by atoms with Crippen LogP contribution in [0.25, 0.3) is 0 Å². The van der Waals surface area contributed by atoms with Crippen molar-refractivity contribution in [2.75, 3.05) is 39.6 Å². The molecule has 0 saturated carbocycles. The molecule has 0 saturated heterocycles. The fourth-order valence-corrected chi connectivity index (χ4v) is 1.39. The summed E-state index contributed by atoms with van der Waals surface area (Å²) < 4.78 is 5.03. The molecule has 1 rings (SSSR count). The van der Waals surface area contributed by atoms with Gasteiger partial charge in [-0.25, -0.2) is 0 Å². The molecule has 0 unspecified atom stereocenters. The van der Waals surface area contributed by atoms with Gasteiger partial charge in [0.15, 0.2) is 0 Å². The molecule has 0 radical (unpaired) electrons. The monoisotopic (exact) mass is 266 g/mol. The highest BCUT2D eigenvalue weighted by atomic mass is 16.5. The molecule has 2 amide bonds. The van der Waals surface area contributed by atoms with Gasteiger partial charge in [0, 0.05) is 11.8 Å². The number of hydrogen-bond donors (Lipinski definition) is 3. The zero-order chi connectivity index (χ0) is 14.3. The maximum absolute atomic E-state index is 11.6. The first-order chi connectivity index (χ1) is 9.02. The number of quaternary nitrogens is 1. The third-order valence-corrected chi connectivity index (χ3v) is 2.44. The number of hydrogen-bond acceptors (Lipinski definition) is 3. The van der Waals surface area contributed by atoms with E-state index in [0.29, 0.717) is 18.0 Å². The van der Waals surface area contributed by atoms with E-state index in [2.05, 4.69) is 10.6 Å². The molecule has 3 N–H and O–H groups in total. The minimum absolute atomic E-state index is 0.465. The van der Waals surface area contributed by atoms with Crippen LogP contribution in [0.1, 0.15) is 0 Å². The van der Waals surface area contributed by atoms with Crippen LogP contribution in [-0.4, -0.2) is 46.1 Å². The van der Waals surface area contributed by atoms with Crippen molar-refractivity contribution in [3.8, 4) is 5.75 Å². The summed E-state index contributed by atoms with van der Waals surface area (Å²) in [6.45, 7) is 1.23. The topological polar surface area (TPSA) is 71.9 Å². The van der Waals surface area contributed by atoms with E-state index in [-0.39, 0.29) is 0 Å². The fraction of sp³-hybridized carbons (Fsp3) is 0.385. The fourth-order valence-electron chi connectivity index (χ4n) is 1.39. The van der Waals surface area contributed by atoms with Crippen LogP contribution in [0.15, 0.2) is 24.3 Å². The summed E-state index contributed by atoms with van der Waals surface area (Å²) in [6.07, 6.45) is 0. The number of ether oxygens (including phenoxy) is 1. The van der Waals surface area contributed by atoms with E-state index >= 15 is 0 Å². The molecular weight excluding hydrogens is 246 g/mol. The van der Waals surface area contributed by atoms with E-state index in [4.69, 9.17) is 4.74 Å². The third-order valence-electron chi connectivity index (χ3n) is 2.44. The summed E-state index contributed by atoms with van der Waals surface area (Å²) in [6, 6.07) is 6.84. The summed E-state index contributed by atoms with van der Waals surface area (Å²) in [7, 11) is 5.49. The van der Waals surface area contributed by atoms with Crippen molar-refractivity contribution >= 4 is 17.5 Å². The van der Waals surface area contributed by atoms with Gasteiger partial charge in [0.05, 0.1) is 34.3 Å². The second kappa shape index (κ2) is 7.38. The van der Waals surface area contributed by atoms with Gasteiger partial charge in [-0.2, -0.15) is 0 Å². The quantitative estimate of drug-likeness (QED) is 0.592. The lowest BCUT2D eigenvalue weighted by Gasteiger charge is -2.09. The second-order valence-electron chi connectivity index (χ2n) is 4.40. The Hall–Kier alpha value is -2.08. The predicted octanol–water partition coefficient (Wildman–Crippen LogP) is -1.11. The minimum Gasteiger partial charge on any atom is -0.497 e. The number of amides is 2. The Balaban J connectivity index is 2.47. The Kier molecular flexibility index (Phi) is 5.81. The number of carbonyl (C=O) groups excluding carboxylic acids is 2.